The summed E-state index contributed by atoms with van der Waals surface area (Å²) in [6.07, 6.45) is 1.80. The zero-order valence-electron chi connectivity index (χ0n) is 12.6. The normalized spacial score (nSPS) is 16.3. The molecule has 1 aromatic carbocycles. The van der Waals surface area contributed by atoms with Gasteiger partial charge in [-0.1, -0.05) is 6.07 Å². The van der Waals surface area contributed by atoms with Gasteiger partial charge in [0, 0.05) is 12.5 Å². The van der Waals surface area contributed by atoms with Crippen LogP contribution in [-0.4, -0.2) is 28.5 Å². The summed E-state index contributed by atoms with van der Waals surface area (Å²) in [4.78, 5) is 17.0. The number of nitrogens with zero attached hydrogens (tertiary/aromatic N) is 2. The van der Waals surface area contributed by atoms with Crippen LogP contribution in [0.25, 0.3) is 11.0 Å². The Morgan fingerprint density at radius 2 is 2.19 bits per heavy atom. The van der Waals surface area contributed by atoms with Gasteiger partial charge in [0.1, 0.15) is 0 Å². The fourth-order valence-corrected chi connectivity index (χ4v) is 2.95. The maximum atomic E-state index is 12.4. The number of benzene rings is 1. The number of hydrogen-bond donors (Lipinski definition) is 2. The Bertz CT molecular complexity index is 656. The van der Waals surface area contributed by atoms with Gasteiger partial charge >= 0.3 is 0 Å². The van der Waals surface area contributed by atoms with Crippen molar-refractivity contribution in [1.29, 1.82) is 0 Å². The number of rotatable bonds is 3. The van der Waals surface area contributed by atoms with Crippen LogP contribution in [0.2, 0.25) is 0 Å². The van der Waals surface area contributed by atoms with Crippen molar-refractivity contribution in [2.45, 2.75) is 33.2 Å². The molecule has 1 fully saturated rings. The maximum Gasteiger partial charge on any atom is 0.229 e. The minimum Gasteiger partial charge on any atom is -0.317 e. The molecule has 0 aliphatic carbocycles. The first-order chi connectivity index (χ1) is 10.2. The lowest BCUT2D eigenvalue weighted by atomic mass is 9.97. The molecular formula is C16H22N4O. The van der Waals surface area contributed by atoms with Crippen LogP contribution in [0, 0.1) is 12.8 Å². The molecule has 2 heterocycles. The van der Waals surface area contributed by atoms with Crippen molar-refractivity contribution >= 4 is 22.9 Å². The van der Waals surface area contributed by atoms with Gasteiger partial charge in [-0.05, 0) is 57.5 Å². The number of carbonyl (C=O) groups excluding carboxylic acids is 1. The van der Waals surface area contributed by atoms with E-state index < -0.39 is 0 Å². The number of imidazole rings is 1. The fraction of sp³-hybridized carbons (Fsp3) is 0.500. The van der Waals surface area contributed by atoms with Crippen molar-refractivity contribution < 1.29 is 4.79 Å². The third kappa shape index (κ3) is 2.78. The smallest absolute Gasteiger partial charge is 0.229 e. The summed E-state index contributed by atoms with van der Waals surface area (Å²) in [6.45, 7) is 6.75. The van der Waals surface area contributed by atoms with Gasteiger partial charge in [-0.2, -0.15) is 0 Å². The third-order valence-electron chi connectivity index (χ3n) is 4.16. The first-order valence-corrected chi connectivity index (χ1v) is 7.67. The molecule has 1 aromatic heterocycles. The SMILES string of the molecule is CCn1c(NC(=O)C2CCNCC2)nc2cc(C)ccc21. The van der Waals surface area contributed by atoms with Crippen molar-refractivity contribution in [3.63, 3.8) is 0 Å². The zero-order valence-corrected chi connectivity index (χ0v) is 12.6. The molecule has 1 aliphatic rings. The molecule has 2 N–H and O–H groups in total. The Kier molecular flexibility index (Phi) is 3.92. The number of hydrogen-bond acceptors (Lipinski definition) is 3. The molecule has 0 atom stereocenters. The second-order valence-electron chi connectivity index (χ2n) is 5.69. The fourth-order valence-electron chi connectivity index (χ4n) is 2.95. The second-order valence-corrected chi connectivity index (χ2v) is 5.69. The molecule has 0 spiro atoms. The van der Waals surface area contributed by atoms with E-state index in [-0.39, 0.29) is 11.8 Å². The lowest BCUT2D eigenvalue weighted by molar-refractivity contribution is -0.120. The minimum absolute atomic E-state index is 0.0955. The van der Waals surface area contributed by atoms with Crippen molar-refractivity contribution in [2.24, 2.45) is 5.92 Å². The van der Waals surface area contributed by atoms with Crippen molar-refractivity contribution in [3.8, 4) is 0 Å². The quantitative estimate of drug-likeness (QED) is 0.910. The number of aryl methyl sites for hydroxylation is 2. The maximum absolute atomic E-state index is 12.4. The van der Waals surface area contributed by atoms with Crippen LogP contribution < -0.4 is 10.6 Å². The van der Waals surface area contributed by atoms with Gasteiger partial charge in [0.05, 0.1) is 11.0 Å². The Balaban J connectivity index is 1.87. The summed E-state index contributed by atoms with van der Waals surface area (Å²) in [5.74, 6) is 0.859. The van der Waals surface area contributed by atoms with Gasteiger partial charge in [-0.15, -0.1) is 0 Å². The molecule has 2 aromatic rings. The van der Waals surface area contributed by atoms with Gasteiger partial charge in [0.15, 0.2) is 0 Å². The molecule has 1 saturated heterocycles. The molecule has 112 valence electrons. The lowest BCUT2D eigenvalue weighted by Crippen LogP contribution is -2.35. The summed E-state index contributed by atoms with van der Waals surface area (Å²) in [5.41, 5.74) is 3.20. The first kappa shape index (κ1) is 14.1. The monoisotopic (exact) mass is 286 g/mol. The molecule has 5 nitrogen and oxygen atoms in total. The van der Waals surface area contributed by atoms with Gasteiger partial charge in [0.25, 0.3) is 0 Å². The highest BCUT2D eigenvalue weighted by atomic mass is 16.2. The molecule has 1 amide bonds. The van der Waals surface area contributed by atoms with Crippen LogP contribution in [0.15, 0.2) is 18.2 Å². The average molecular weight is 286 g/mol. The van der Waals surface area contributed by atoms with Gasteiger partial charge in [0.2, 0.25) is 11.9 Å². The van der Waals surface area contributed by atoms with Gasteiger partial charge < -0.3 is 9.88 Å². The van der Waals surface area contributed by atoms with E-state index in [1.54, 1.807) is 0 Å². The number of anilines is 1. The Labute approximate surface area is 124 Å². The summed E-state index contributed by atoms with van der Waals surface area (Å²) < 4.78 is 2.06. The molecular weight excluding hydrogens is 264 g/mol. The predicted octanol–water partition coefficient (Wildman–Crippen LogP) is 2.30. The molecule has 0 saturated carbocycles. The molecule has 0 bridgehead atoms. The van der Waals surface area contributed by atoms with Crippen LogP contribution in [0.1, 0.15) is 25.3 Å². The predicted molar refractivity (Wildman–Crippen MR) is 84.4 cm³/mol. The van der Waals surface area contributed by atoms with Crippen LogP contribution in [0.5, 0.6) is 0 Å². The molecule has 0 unspecified atom stereocenters. The summed E-state index contributed by atoms with van der Waals surface area (Å²) in [5, 5.41) is 6.31. The van der Waals surface area contributed by atoms with Gasteiger partial charge in [-0.3, -0.25) is 10.1 Å². The van der Waals surface area contributed by atoms with E-state index in [9.17, 15) is 4.79 Å². The summed E-state index contributed by atoms with van der Waals surface area (Å²) in [7, 11) is 0. The van der Waals surface area contributed by atoms with Crippen LogP contribution >= 0.6 is 0 Å². The third-order valence-corrected chi connectivity index (χ3v) is 4.16. The van der Waals surface area contributed by atoms with E-state index in [1.165, 1.54) is 5.56 Å². The topological polar surface area (TPSA) is 59.0 Å². The van der Waals surface area contributed by atoms with E-state index in [1.807, 2.05) is 0 Å². The van der Waals surface area contributed by atoms with Crippen LogP contribution in [0.4, 0.5) is 5.95 Å². The zero-order chi connectivity index (χ0) is 14.8. The highest BCUT2D eigenvalue weighted by Crippen LogP contribution is 2.22. The van der Waals surface area contributed by atoms with Crippen LogP contribution in [0.3, 0.4) is 0 Å². The standard InChI is InChI=1S/C16H22N4O/c1-3-20-14-5-4-11(2)10-13(14)18-16(20)19-15(21)12-6-8-17-9-7-12/h4-5,10,12,17H,3,6-9H2,1-2H3,(H,18,19,21). The van der Waals surface area contributed by atoms with Crippen molar-refractivity contribution in [1.82, 2.24) is 14.9 Å². The average Bonchev–Trinajstić information content (AvgIpc) is 2.84. The van der Waals surface area contributed by atoms with E-state index in [4.69, 9.17) is 0 Å². The van der Waals surface area contributed by atoms with Crippen molar-refractivity contribution in [2.75, 3.05) is 18.4 Å². The van der Waals surface area contributed by atoms with Crippen LogP contribution in [-0.2, 0) is 11.3 Å². The Morgan fingerprint density at radius 1 is 1.43 bits per heavy atom. The van der Waals surface area contributed by atoms with Gasteiger partial charge in [-0.25, -0.2) is 4.98 Å². The summed E-state index contributed by atoms with van der Waals surface area (Å²) >= 11 is 0. The van der Waals surface area contributed by atoms with E-state index in [0.717, 1.165) is 43.5 Å². The molecule has 5 heteroatoms. The molecule has 3 rings (SSSR count). The number of amides is 1. The minimum atomic E-state index is 0.0955. The molecule has 1 aliphatic heterocycles. The number of nitrogens with one attached hydrogen (secondary N) is 2. The highest BCUT2D eigenvalue weighted by Gasteiger charge is 2.22. The Morgan fingerprint density at radius 3 is 2.90 bits per heavy atom. The molecule has 0 radical (unpaired) electrons. The van der Waals surface area contributed by atoms with E-state index in [2.05, 4.69) is 52.2 Å². The van der Waals surface area contributed by atoms with E-state index >= 15 is 0 Å². The number of piperidine rings is 1. The van der Waals surface area contributed by atoms with E-state index in [0.29, 0.717) is 5.95 Å². The number of aromatic nitrogens is 2. The largest absolute Gasteiger partial charge is 0.317 e. The lowest BCUT2D eigenvalue weighted by Gasteiger charge is -2.21. The summed E-state index contributed by atoms with van der Waals surface area (Å²) in [6, 6.07) is 6.21. The molecule has 21 heavy (non-hydrogen) atoms. The Hall–Kier alpha value is -1.88. The first-order valence-electron chi connectivity index (χ1n) is 7.67. The van der Waals surface area contributed by atoms with Crippen molar-refractivity contribution in [3.05, 3.63) is 23.8 Å². The second kappa shape index (κ2) is 5.85. The number of carbonyl (C=O) groups is 1. The number of fused-ring (bicyclic) bond motifs is 1. The highest BCUT2D eigenvalue weighted by molar-refractivity contribution is 5.93.